The average molecular weight is 359 g/mol. The lowest BCUT2D eigenvalue weighted by Gasteiger charge is -2.29. The van der Waals surface area contributed by atoms with Crippen molar-refractivity contribution >= 4 is 15.9 Å². The Hall–Kier alpha value is -0.390. The molecule has 0 radical (unpaired) electrons. The number of aliphatic hydroxyl groups is 2. The van der Waals surface area contributed by atoms with Crippen LogP contribution in [0.4, 0.5) is 0 Å². The maximum Gasteiger partial charge on any atom is 0.0857 e. The van der Waals surface area contributed by atoms with E-state index in [0.29, 0.717) is 6.42 Å². The van der Waals surface area contributed by atoms with Gasteiger partial charge in [-0.05, 0) is 48.0 Å². The summed E-state index contributed by atoms with van der Waals surface area (Å²) in [6, 6.07) is 0. The fourth-order valence-corrected chi connectivity index (χ4v) is 4.05. The summed E-state index contributed by atoms with van der Waals surface area (Å²) < 4.78 is 2.92. The third kappa shape index (κ3) is 3.88. The molecule has 1 aliphatic carbocycles. The molecule has 0 bridgehead atoms. The molecule has 1 fully saturated rings. The van der Waals surface area contributed by atoms with Gasteiger partial charge in [0.25, 0.3) is 0 Å². The van der Waals surface area contributed by atoms with E-state index in [2.05, 4.69) is 28.0 Å². The first-order valence-electron chi connectivity index (χ1n) is 8.18. The number of hydrogen-bond acceptors (Lipinski definition) is 3. The van der Waals surface area contributed by atoms with Gasteiger partial charge in [0.05, 0.1) is 28.1 Å². The highest BCUT2D eigenvalue weighted by molar-refractivity contribution is 9.10. The molecule has 1 heterocycles. The number of nitrogens with zero attached hydrogens (tertiary/aromatic N) is 2. The molecule has 2 atom stereocenters. The molecule has 5 heteroatoms. The summed E-state index contributed by atoms with van der Waals surface area (Å²) in [5.74, 6) is 0.246. The van der Waals surface area contributed by atoms with E-state index >= 15 is 0 Å². The van der Waals surface area contributed by atoms with E-state index in [-0.39, 0.29) is 5.92 Å². The predicted molar refractivity (Wildman–Crippen MR) is 87.3 cm³/mol. The Kier molecular flexibility index (Phi) is 6.26. The van der Waals surface area contributed by atoms with Gasteiger partial charge in [0.15, 0.2) is 0 Å². The smallest absolute Gasteiger partial charge is 0.0857 e. The molecule has 1 aromatic rings. The molecule has 0 amide bonds. The van der Waals surface area contributed by atoms with Crippen LogP contribution in [0.5, 0.6) is 0 Å². The summed E-state index contributed by atoms with van der Waals surface area (Å²) in [7, 11) is 0. The molecule has 0 aromatic carbocycles. The normalized spacial score (nSPS) is 19.7. The van der Waals surface area contributed by atoms with E-state index in [4.69, 9.17) is 0 Å². The zero-order valence-corrected chi connectivity index (χ0v) is 14.6. The van der Waals surface area contributed by atoms with Gasteiger partial charge in [0.1, 0.15) is 0 Å². The van der Waals surface area contributed by atoms with Crippen molar-refractivity contribution in [2.75, 3.05) is 0 Å². The molecular formula is C16H27BrN2O2. The molecule has 2 N–H and O–H groups in total. The monoisotopic (exact) mass is 358 g/mol. The van der Waals surface area contributed by atoms with Gasteiger partial charge in [-0.25, -0.2) is 0 Å². The van der Waals surface area contributed by atoms with Crippen molar-refractivity contribution < 1.29 is 10.2 Å². The van der Waals surface area contributed by atoms with Gasteiger partial charge in [-0.15, -0.1) is 0 Å². The van der Waals surface area contributed by atoms with E-state index in [1.165, 1.54) is 19.3 Å². The molecule has 0 aliphatic heterocycles. The minimum atomic E-state index is -0.712. The molecule has 120 valence electrons. The van der Waals surface area contributed by atoms with Crippen LogP contribution in [0.15, 0.2) is 4.47 Å². The Labute approximate surface area is 135 Å². The molecule has 0 saturated heterocycles. The fraction of sp³-hybridized carbons (Fsp3) is 0.812. The summed E-state index contributed by atoms with van der Waals surface area (Å²) >= 11 is 3.60. The van der Waals surface area contributed by atoms with E-state index in [0.717, 1.165) is 41.7 Å². The number of rotatable bonds is 6. The van der Waals surface area contributed by atoms with Crippen LogP contribution in [0.3, 0.4) is 0 Å². The Bertz CT molecular complexity index is 455. The highest BCUT2D eigenvalue weighted by Crippen LogP contribution is 2.30. The second kappa shape index (κ2) is 7.75. The zero-order chi connectivity index (χ0) is 15.4. The number of aryl methyl sites for hydroxylation is 2. The lowest BCUT2D eigenvalue weighted by Crippen LogP contribution is -2.36. The topological polar surface area (TPSA) is 58.3 Å². The Morgan fingerprint density at radius 3 is 2.48 bits per heavy atom. The molecule has 21 heavy (non-hydrogen) atoms. The highest BCUT2D eigenvalue weighted by Gasteiger charge is 2.29. The summed E-state index contributed by atoms with van der Waals surface area (Å²) in [6.07, 6.45) is 5.66. The van der Waals surface area contributed by atoms with Crippen molar-refractivity contribution in [2.45, 2.75) is 77.5 Å². The molecule has 4 nitrogen and oxygen atoms in total. The molecular weight excluding hydrogens is 332 g/mol. The Morgan fingerprint density at radius 2 is 1.90 bits per heavy atom. The zero-order valence-electron chi connectivity index (χ0n) is 13.1. The van der Waals surface area contributed by atoms with Crippen LogP contribution < -0.4 is 0 Å². The molecule has 1 aromatic heterocycles. The van der Waals surface area contributed by atoms with Crippen molar-refractivity contribution in [1.29, 1.82) is 0 Å². The van der Waals surface area contributed by atoms with Gasteiger partial charge in [0.2, 0.25) is 0 Å². The lowest BCUT2D eigenvalue weighted by atomic mass is 9.82. The van der Waals surface area contributed by atoms with Gasteiger partial charge in [0, 0.05) is 13.0 Å². The predicted octanol–water partition coefficient (Wildman–Crippen LogP) is 3.07. The summed E-state index contributed by atoms with van der Waals surface area (Å²) in [6.45, 7) is 4.90. The average Bonchev–Trinajstić information content (AvgIpc) is 2.83. The number of halogens is 1. The second-order valence-electron chi connectivity index (χ2n) is 6.04. The van der Waals surface area contributed by atoms with Crippen LogP contribution in [0.2, 0.25) is 0 Å². The van der Waals surface area contributed by atoms with Gasteiger partial charge >= 0.3 is 0 Å². The highest BCUT2D eigenvalue weighted by atomic mass is 79.9. The van der Waals surface area contributed by atoms with Crippen LogP contribution in [0.25, 0.3) is 0 Å². The second-order valence-corrected chi connectivity index (χ2v) is 6.83. The van der Waals surface area contributed by atoms with Gasteiger partial charge < -0.3 is 10.2 Å². The first kappa shape index (κ1) is 17.0. The molecule has 2 unspecified atom stereocenters. The van der Waals surface area contributed by atoms with Crippen LogP contribution in [0, 0.1) is 5.92 Å². The maximum atomic E-state index is 10.4. The van der Waals surface area contributed by atoms with Crippen molar-refractivity contribution in [3.8, 4) is 0 Å². The maximum absolute atomic E-state index is 10.4. The first-order chi connectivity index (χ1) is 10.1. The third-order valence-corrected chi connectivity index (χ3v) is 5.54. The van der Waals surface area contributed by atoms with Crippen LogP contribution in [-0.4, -0.2) is 32.2 Å². The summed E-state index contributed by atoms with van der Waals surface area (Å²) in [5.41, 5.74) is 2.02. The Morgan fingerprint density at radius 1 is 1.24 bits per heavy atom. The minimum Gasteiger partial charge on any atom is -0.390 e. The SMILES string of the molecule is CCc1nn(CC)c(CC(O)C(O)C2CCCCC2)c1Br. The van der Waals surface area contributed by atoms with Gasteiger partial charge in [-0.3, -0.25) is 4.68 Å². The summed E-state index contributed by atoms with van der Waals surface area (Å²) in [5, 5.41) is 25.4. The number of aromatic nitrogens is 2. The number of aliphatic hydroxyl groups excluding tert-OH is 2. The third-order valence-electron chi connectivity index (χ3n) is 4.62. The van der Waals surface area contributed by atoms with Gasteiger partial charge in [-0.2, -0.15) is 5.10 Å². The van der Waals surface area contributed by atoms with Crippen molar-refractivity contribution in [3.05, 3.63) is 15.9 Å². The molecule has 1 aliphatic rings. The van der Waals surface area contributed by atoms with Crippen molar-refractivity contribution in [2.24, 2.45) is 5.92 Å². The van der Waals surface area contributed by atoms with E-state index in [1.807, 2.05) is 11.6 Å². The lowest BCUT2D eigenvalue weighted by molar-refractivity contribution is -0.0272. The molecule has 1 saturated carbocycles. The minimum absolute atomic E-state index is 0.246. The van der Waals surface area contributed by atoms with E-state index < -0.39 is 12.2 Å². The van der Waals surface area contributed by atoms with E-state index in [1.54, 1.807) is 0 Å². The largest absolute Gasteiger partial charge is 0.390 e. The first-order valence-corrected chi connectivity index (χ1v) is 8.97. The van der Waals surface area contributed by atoms with Crippen molar-refractivity contribution in [3.63, 3.8) is 0 Å². The van der Waals surface area contributed by atoms with Crippen molar-refractivity contribution in [1.82, 2.24) is 9.78 Å². The van der Waals surface area contributed by atoms with Crippen LogP contribution in [-0.2, 0) is 19.4 Å². The van der Waals surface area contributed by atoms with Crippen LogP contribution >= 0.6 is 15.9 Å². The fourth-order valence-electron chi connectivity index (χ4n) is 3.32. The molecule has 2 rings (SSSR count). The molecule has 0 spiro atoms. The Balaban J connectivity index is 2.07. The van der Waals surface area contributed by atoms with Gasteiger partial charge in [-0.1, -0.05) is 26.2 Å². The van der Waals surface area contributed by atoms with Crippen LogP contribution in [0.1, 0.15) is 57.3 Å². The standard InChI is InChI=1S/C16H27BrN2O2/c1-3-12-15(17)13(19(4-2)18-12)10-14(20)16(21)11-8-6-5-7-9-11/h11,14,16,20-21H,3-10H2,1-2H3. The summed E-state index contributed by atoms with van der Waals surface area (Å²) in [4.78, 5) is 0. The van der Waals surface area contributed by atoms with E-state index in [9.17, 15) is 10.2 Å². The quantitative estimate of drug-likeness (QED) is 0.821. The number of hydrogen-bond donors (Lipinski definition) is 2.